The molecule has 9 atom stereocenters. The van der Waals surface area contributed by atoms with E-state index in [0.29, 0.717) is 24.0 Å². The van der Waals surface area contributed by atoms with Crippen LogP contribution >= 0.6 is 8.58 Å². The second-order valence-corrected chi connectivity index (χ2v) is 12.9. The number of carbonyl (C=O) groups is 1. The van der Waals surface area contributed by atoms with Crippen molar-refractivity contribution >= 4 is 14.6 Å². The highest BCUT2D eigenvalue weighted by molar-refractivity contribution is 7.43. The minimum Gasteiger partial charge on any atom is -0.461 e. The van der Waals surface area contributed by atoms with E-state index in [0.717, 1.165) is 39.4 Å². The van der Waals surface area contributed by atoms with Crippen LogP contribution in [0.1, 0.15) is 60.3 Å². The first-order valence-electron chi connectivity index (χ1n) is 10.2. The van der Waals surface area contributed by atoms with Crippen LogP contribution in [0, 0.1) is 34.5 Å². The van der Waals surface area contributed by atoms with Gasteiger partial charge in [-0.3, -0.25) is 4.79 Å². The summed E-state index contributed by atoms with van der Waals surface area (Å²) in [4.78, 5) is 13.4. The zero-order chi connectivity index (χ0) is 17.8. The summed E-state index contributed by atoms with van der Waals surface area (Å²) in [7, 11) is 0.720. The van der Waals surface area contributed by atoms with E-state index in [-0.39, 0.29) is 28.1 Å². The second kappa shape index (κ2) is 5.02. The Balaban J connectivity index is 1.33. The molecule has 2 saturated heterocycles. The van der Waals surface area contributed by atoms with Crippen LogP contribution in [-0.4, -0.2) is 35.6 Å². The fourth-order valence-corrected chi connectivity index (χ4v) is 8.96. The molecular weight excluding hydrogens is 331 g/mol. The van der Waals surface area contributed by atoms with Gasteiger partial charge in [-0.1, -0.05) is 34.6 Å². The Morgan fingerprint density at radius 3 is 2.56 bits per heavy atom. The smallest absolute Gasteiger partial charge is 0.317 e. The Hall–Kier alpha value is -0.140. The molecule has 5 fully saturated rings. The lowest BCUT2D eigenvalue weighted by Gasteiger charge is -2.56. The summed E-state index contributed by atoms with van der Waals surface area (Å²) < 4.78 is 12.2. The Kier molecular flexibility index (Phi) is 3.41. The highest BCUT2D eigenvalue weighted by atomic mass is 31.1. The van der Waals surface area contributed by atoms with E-state index in [9.17, 15) is 4.79 Å². The third kappa shape index (κ3) is 2.34. The molecule has 3 nitrogen and oxygen atoms in total. The fourth-order valence-electron chi connectivity index (χ4n) is 6.79. The first kappa shape index (κ1) is 17.0. The molecular formula is C21H33O3P. The number of hydrogen-bond acceptors (Lipinski definition) is 3. The number of epoxide rings is 1. The van der Waals surface area contributed by atoms with Gasteiger partial charge >= 0.3 is 5.97 Å². The van der Waals surface area contributed by atoms with E-state index in [4.69, 9.17) is 9.47 Å². The Labute approximate surface area is 153 Å². The first-order valence-corrected chi connectivity index (χ1v) is 11.4. The molecule has 4 heteroatoms. The molecule has 2 heterocycles. The van der Waals surface area contributed by atoms with Crippen LogP contribution in [0.4, 0.5) is 0 Å². The molecule has 2 bridgehead atoms. The molecule has 0 N–H and O–H groups in total. The van der Waals surface area contributed by atoms with Crippen molar-refractivity contribution in [2.75, 3.05) is 6.16 Å². The monoisotopic (exact) mass is 364 g/mol. The maximum atomic E-state index is 13.4. The van der Waals surface area contributed by atoms with E-state index in [1.807, 2.05) is 0 Å². The maximum absolute atomic E-state index is 13.4. The Morgan fingerprint density at radius 2 is 1.96 bits per heavy atom. The van der Waals surface area contributed by atoms with Crippen molar-refractivity contribution in [3.8, 4) is 0 Å². The third-order valence-electron chi connectivity index (χ3n) is 8.08. The van der Waals surface area contributed by atoms with Gasteiger partial charge in [0.2, 0.25) is 0 Å². The summed E-state index contributed by atoms with van der Waals surface area (Å²) in [5.74, 6) is 3.05. The molecule has 0 aromatic rings. The van der Waals surface area contributed by atoms with Crippen molar-refractivity contribution in [2.45, 2.75) is 83.8 Å². The maximum Gasteiger partial charge on any atom is 0.317 e. The van der Waals surface area contributed by atoms with Crippen molar-refractivity contribution < 1.29 is 14.3 Å². The van der Waals surface area contributed by atoms with Gasteiger partial charge < -0.3 is 9.47 Å². The Bertz CT molecular complexity index is 609. The van der Waals surface area contributed by atoms with Crippen LogP contribution in [-0.2, 0) is 14.3 Å². The first-order chi connectivity index (χ1) is 11.6. The molecule has 0 aromatic carbocycles. The Morgan fingerprint density at radius 1 is 1.20 bits per heavy atom. The van der Waals surface area contributed by atoms with Crippen LogP contribution in [0.3, 0.4) is 0 Å². The summed E-state index contributed by atoms with van der Waals surface area (Å²) >= 11 is 0. The molecule has 2 aliphatic heterocycles. The minimum absolute atomic E-state index is 0.0774. The lowest BCUT2D eigenvalue weighted by atomic mass is 9.70. The predicted molar refractivity (Wildman–Crippen MR) is 100 cm³/mol. The number of esters is 1. The molecule has 0 amide bonds. The number of fused-ring (bicyclic) bond motifs is 7. The largest absolute Gasteiger partial charge is 0.461 e. The summed E-state index contributed by atoms with van der Waals surface area (Å²) in [5.41, 5.74) is 0.234. The summed E-state index contributed by atoms with van der Waals surface area (Å²) in [6.07, 6.45) is 7.01. The van der Waals surface area contributed by atoms with E-state index >= 15 is 0 Å². The van der Waals surface area contributed by atoms with Crippen LogP contribution in [0.5, 0.6) is 0 Å². The summed E-state index contributed by atoms with van der Waals surface area (Å²) in [6, 6.07) is 0. The predicted octanol–water partition coefficient (Wildman–Crippen LogP) is 4.23. The number of ether oxygens (including phenoxy) is 2. The minimum atomic E-state index is -0.249. The highest BCUT2D eigenvalue weighted by Crippen LogP contribution is 2.67. The van der Waals surface area contributed by atoms with Gasteiger partial charge in [0.25, 0.3) is 0 Å². The van der Waals surface area contributed by atoms with Gasteiger partial charge in [0.15, 0.2) is 0 Å². The normalized spacial score (nSPS) is 52.6. The van der Waals surface area contributed by atoms with Crippen molar-refractivity contribution in [1.29, 1.82) is 0 Å². The fraction of sp³-hybridized carbons (Fsp3) is 0.952. The van der Waals surface area contributed by atoms with Crippen LogP contribution in [0.15, 0.2) is 0 Å². The van der Waals surface area contributed by atoms with Crippen molar-refractivity contribution in [1.82, 2.24) is 0 Å². The second-order valence-electron chi connectivity index (χ2n) is 11.3. The van der Waals surface area contributed by atoms with E-state index in [1.54, 1.807) is 0 Å². The molecule has 25 heavy (non-hydrogen) atoms. The SMILES string of the molecule is CC(C)(C)CC1(C(=O)OC2CC3CC2C2C3CC3OC32)PCC1(C)C. The lowest BCUT2D eigenvalue weighted by Crippen LogP contribution is -2.59. The molecule has 3 saturated carbocycles. The molecule has 3 aliphatic carbocycles. The van der Waals surface area contributed by atoms with Crippen molar-refractivity contribution in [3.05, 3.63) is 0 Å². The lowest BCUT2D eigenvalue weighted by molar-refractivity contribution is -0.162. The molecule has 0 spiro atoms. The van der Waals surface area contributed by atoms with Gasteiger partial charge in [0.1, 0.15) is 6.10 Å². The number of rotatable bonds is 3. The molecule has 9 unspecified atom stereocenters. The number of carbonyl (C=O) groups excluding carboxylic acids is 1. The topological polar surface area (TPSA) is 38.8 Å². The van der Waals surface area contributed by atoms with Gasteiger partial charge in [-0.2, -0.15) is 0 Å². The van der Waals surface area contributed by atoms with E-state index in [2.05, 4.69) is 34.6 Å². The zero-order valence-corrected chi connectivity index (χ0v) is 17.3. The van der Waals surface area contributed by atoms with E-state index in [1.165, 1.54) is 12.8 Å². The average molecular weight is 364 g/mol. The van der Waals surface area contributed by atoms with Crippen molar-refractivity contribution in [2.24, 2.45) is 34.5 Å². The van der Waals surface area contributed by atoms with Crippen LogP contribution in [0.25, 0.3) is 0 Å². The quantitative estimate of drug-likeness (QED) is 0.427. The summed E-state index contributed by atoms with van der Waals surface area (Å²) in [5, 5.41) is -0.249. The molecule has 5 rings (SSSR count). The van der Waals surface area contributed by atoms with Crippen LogP contribution in [0.2, 0.25) is 0 Å². The molecule has 0 radical (unpaired) electrons. The molecule has 140 valence electrons. The standard InChI is InChI=1S/C21H33O3P/c1-19(2,3)9-21(20(4,5)10-25-21)18(22)24-14-7-11-6-13(14)16-12(11)8-15-17(16)23-15/h11-17,25H,6-10H2,1-5H3. The van der Waals surface area contributed by atoms with Crippen LogP contribution < -0.4 is 0 Å². The van der Waals surface area contributed by atoms with Crippen molar-refractivity contribution in [3.63, 3.8) is 0 Å². The third-order valence-corrected chi connectivity index (χ3v) is 10.8. The van der Waals surface area contributed by atoms with Gasteiger partial charge in [-0.05, 0) is 60.4 Å². The van der Waals surface area contributed by atoms with Gasteiger partial charge in [0.05, 0.1) is 17.4 Å². The van der Waals surface area contributed by atoms with Gasteiger partial charge in [0, 0.05) is 5.92 Å². The number of hydrogen-bond donors (Lipinski definition) is 0. The van der Waals surface area contributed by atoms with Gasteiger partial charge in [-0.15, -0.1) is 8.58 Å². The van der Waals surface area contributed by atoms with Gasteiger partial charge in [-0.25, -0.2) is 0 Å². The average Bonchev–Trinajstić information content (AvgIpc) is 2.86. The molecule has 0 aromatic heterocycles. The zero-order valence-electron chi connectivity index (χ0n) is 16.3. The highest BCUT2D eigenvalue weighted by Gasteiger charge is 2.68. The van der Waals surface area contributed by atoms with E-state index < -0.39 is 0 Å². The molecule has 5 aliphatic rings. The summed E-state index contributed by atoms with van der Waals surface area (Å²) in [6.45, 7) is 11.3.